The molecule has 17 heavy (non-hydrogen) atoms. The smallest absolute Gasteiger partial charge is 0.364 e. The van der Waals surface area contributed by atoms with Gasteiger partial charge in [0.15, 0.2) is 0 Å². The molecule has 0 amide bonds. The van der Waals surface area contributed by atoms with Gasteiger partial charge < -0.3 is 9.57 Å². The molecule has 0 N–H and O–H groups in total. The molecule has 5 heteroatoms. The summed E-state index contributed by atoms with van der Waals surface area (Å²) < 4.78 is 18.9. The summed E-state index contributed by atoms with van der Waals surface area (Å²) in [6.45, 7) is 1.95. The third-order valence-corrected chi connectivity index (χ3v) is 2.49. The van der Waals surface area contributed by atoms with Gasteiger partial charge in [0.1, 0.15) is 0 Å². The standard InChI is InChI=1S/C12H14FNO3/c13-11(10-4-2-1-3-5-10)12(15)17-14-6-8-16-9-7-14/h1-5,11H,6-9H2. The van der Waals surface area contributed by atoms with Crippen LogP contribution in [-0.2, 0) is 14.4 Å². The Hall–Kier alpha value is -1.46. The van der Waals surface area contributed by atoms with E-state index in [0.717, 1.165) is 0 Å². The molecule has 1 aliphatic rings. The van der Waals surface area contributed by atoms with Crippen molar-refractivity contribution in [1.82, 2.24) is 5.06 Å². The molecule has 1 aliphatic heterocycles. The Morgan fingerprint density at radius 1 is 1.29 bits per heavy atom. The fourth-order valence-corrected chi connectivity index (χ4v) is 1.57. The van der Waals surface area contributed by atoms with Crippen molar-refractivity contribution in [3.05, 3.63) is 35.9 Å². The summed E-state index contributed by atoms with van der Waals surface area (Å²) in [7, 11) is 0. The first kappa shape index (κ1) is 12.0. The first-order valence-corrected chi connectivity index (χ1v) is 5.51. The van der Waals surface area contributed by atoms with Gasteiger partial charge in [-0.25, -0.2) is 9.18 Å². The number of nitrogens with zero attached hydrogens (tertiary/aromatic N) is 1. The Kier molecular flexibility index (Phi) is 4.06. The number of carbonyl (C=O) groups is 1. The van der Waals surface area contributed by atoms with Crippen LogP contribution in [0.3, 0.4) is 0 Å². The number of morpholine rings is 1. The van der Waals surface area contributed by atoms with Crippen LogP contribution >= 0.6 is 0 Å². The van der Waals surface area contributed by atoms with E-state index in [0.29, 0.717) is 31.9 Å². The lowest BCUT2D eigenvalue weighted by atomic mass is 10.1. The third kappa shape index (κ3) is 3.25. The van der Waals surface area contributed by atoms with E-state index in [1.54, 1.807) is 30.3 Å². The molecule has 1 atom stereocenters. The number of hydrogen-bond acceptors (Lipinski definition) is 4. The summed E-state index contributed by atoms with van der Waals surface area (Å²) in [5.41, 5.74) is 0.311. The predicted octanol–water partition coefficient (Wildman–Crippen LogP) is 1.49. The van der Waals surface area contributed by atoms with Crippen LogP contribution in [0, 0.1) is 0 Å². The van der Waals surface area contributed by atoms with Crippen molar-refractivity contribution in [3.8, 4) is 0 Å². The molecule has 4 nitrogen and oxygen atoms in total. The van der Waals surface area contributed by atoms with Crippen LogP contribution in [0.2, 0.25) is 0 Å². The number of carbonyl (C=O) groups excluding carboxylic acids is 1. The van der Waals surface area contributed by atoms with Gasteiger partial charge in [-0.3, -0.25) is 0 Å². The predicted molar refractivity (Wildman–Crippen MR) is 58.8 cm³/mol. The van der Waals surface area contributed by atoms with E-state index in [9.17, 15) is 9.18 Å². The van der Waals surface area contributed by atoms with E-state index >= 15 is 0 Å². The minimum atomic E-state index is -1.74. The van der Waals surface area contributed by atoms with Crippen LogP contribution in [0.15, 0.2) is 30.3 Å². The third-order valence-electron chi connectivity index (χ3n) is 2.49. The Bertz CT molecular complexity index is 365. The van der Waals surface area contributed by atoms with Crippen molar-refractivity contribution >= 4 is 5.97 Å². The molecule has 0 radical (unpaired) electrons. The average Bonchev–Trinajstić information content (AvgIpc) is 2.40. The highest BCUT2D eigenvalue weighted by Crippen LogP contribution is 2.19. The molecule has 1 saturated heterocycles. The molecular formula is C12H14FNO3. The van der Waals surface area contributed by atoms with E-state index in [-0.39, 0.29) is 0 Å². The molecule has 1 unspecified atom stereocenters. The molecule has 1 heterocycles. The van der Waals surface area contributed by atoms with Crippen molar-refractivity contribution in [2.75, 3.05) is 26.3 Å². The Morgan fingerprint density at radius 3 is 2.59 bits per heavy atom. The van der Waals surface area contributed by atoms with Crippen molar-refractivity contribution < 1.29 is 18.8 Å². The maximum Gasteiger partial charge on any atom is 0.364 e. The Balaban J connectivity index is 1.91. The van der Waals surface area contributed by atoms with Gasteiger partial charge in [-0.2, -0.15) is 0 Å². The van der Waals surface area contributed by atoms with Gasteiger partial charge in [-0.1, -0.05) is 30.3 Å². The van der Waals surface area contributed by atoms with Crippen LogP contribution in [0.25, 0.3) is 0 Å². The average molecular weight is 239 g/mol. The van der Waals surface area contributed by atoms with Gasteiger partial charge in [-0.05, 0) is 5.56 Å². The van der Waals surface area contributed by atoms with Crippen molar-refractivity contribution in [1.29, 1.82) is 0 Å². The van der Waals surface area contributed by atoms with Gasteiger partial charge in [0.25, 0.3) is 0 Å². The maximum absolute atomic E-state index is 13.8. The molecule has 1 aromatic carbocycles. The second-order valence-corrected chi connectivity index (χ2v) is 3.72. The number of benzene rings is 1. The molecule has 0 aromatic heterocycles. The normalized spacial score (nSPS) is 18.6. The molecule has 2 rings (SSSR count). The summed E-state index contributed by atoms with van der Waals surface area (Å²) in [5, 5.41) is 1.43. The second-order valence-electron chi connectivity index (χ2n) is 3.72. The van der Waals surface area contributed by atoms with Crippen LogP contribution in [0.4, 0.5) is 4.39 Å². The molecule has 0 spiro atoms. The first-order valence-electron chi connectivity index (χ1n) is 5.51. The zero-order valence-electron chi connectivity index (χ0n) is 9.34. The molecular weight excluding hydrogens is 225 g/mol. The molecule has 1 fully saturated rings. The second kappa shape index (κ2) is 5.75. The van der Waals surface area contributed by atoms with E-state index in [1.807, 2.05) is 0 Å². The lowest BCUT2D eigenvalue weighted by molar-refractivity contribution is -0.210. The van der Waals surface area contributed by atoms with Crippen LogP contribution in [0.1, 0.15) is 11.7 Å². The van der Waals surface area contributed by atoms with E-state index in [4.69, 9.17) is 9.57 Å². The number of hydroxylamine groups is 2. The Morgan fingerprint density at radius 2 is 1.94 bits per heavy atom. The summed E-state index contributed by atoms with van der Waals surface area (Å²) in [6, 6.07) is 8.26. The van der Waals surface area contributed by atoms with Gasteiger partial charge >= 0.3 is 5.97 Å². The Labute approximate surface area is 98.9 Å². The van der Waals surface area contributed by atoms with Gasteiger partial charge in [0.2, 0.25) is 6.17 Å². The maximum atomic E-state index is 13.8. The monoisotopic (exact) mass is 239 g/mol. The molecule has 0 aliphatic carbocycles. The SMILES string of the molecule is O=C(ON1CCOCC1)C(F)c1ccccc1. The fraction of sp³-hybridized carbons (Fsp3) is 0.417. The summed E-state index contributed by atoms with van der Waals surface area (Å²) in [4.78, 5) is 16.5. The lowest BCUT2D eigenvalue weighted by Crippen LogP contribution is -2.38. The zero-order valence-corrected chi connectivity index (χ0v) is 9.34. The number of rotatable bonds is 3. The van der Waals surface area contributed by atoms with Crippen molar-refractivity contribution in [2.24, 2.45) is 0 Å². The number of ether oxygens (including phenoxy) is 1. The number of hydrogen-bond donors (Lipinski definition) is 0. The fourth-order valence-electron chi connectivity index (χ4n) is 1.57. The number of alkyl halides is 1. The highest BCUT2D eigenvalue weighted by Gasteiger charge is 2.24. The lowest BCUT2D eigenvalue weighted by Gasteiger charge is -2.25. The van der Waals surface area contributed by atoms with Crippen LogP contribution < -0.4 is 0 Å². The largest absolute Gasteiger partial charge is 0.379 e. The van der Waals surface area contributed by atoms with Crippen molar-refractivity contribution in [2.45, 2.75) is 6.17 Å². The van der Waals surface area contributed by atoms with Crippen LogP contribution in [-0.4, -0.2) is 37.3 Å². The first-order chi connectivity index (χ1) is 8.27. The summed E-state index contributed by atoms with van der Waals surface area (Å²) >= 11 is 0. The van der Waals surface area contributed by atoms with Gasteiger partial charge in [0.05, 0.1) is 26.3 Å². The summed E-state index contributed by atoms with van der Waals surface area (Å²) in [5.74, 6) is -0.877. The molecule has 0 bridgehead atoms. The molecule has 92 valence electrons. The molecule has 1 aromatic rings. The van der Waals surface area contributed by atoms with E-state index in [1.165, 1.54) is 5.06 Å². The van der Waals surface area contributed by atoms with Crippen LogP contribution in [0.5, 0.6) is 0 Å². The topological polar surface area (TPSA) is 38.8 Å². The highest BCUT2D eigenvalue weighted by atomic mass is 19.1. The van der Waals surface area contributed by atoms with E-state index in [2.05, 4.69) is 0 Å². The molecule has 0 saturated carbocycles. The zero-order chi connectivity index (χ0) is 12.1. The van der Waals surface area contributed by atoms with Gasteiger partial charge in [-0.15, -0.1) is 5.06 Å². The summed E-state index contributed by atoms with van der Waals surface area (Å²) in [6.07, 6.45) is -1.74. The minimum Gasteiger partial charge on any atom is -0.379 e. The quantitative estimate of drug-likeness (QED) is 0.801. The minimum absolute atomic E-state index is 0.311. The van der Waals surface area contributed by atoms with Gasteiger partial charge in [0, 0.05) is 0 Å². The van der Waals surface area contributed by atoms with Crippen molar-refractivity contribution in [3.63, 3.8) is 0 Å². The highest BCUT2D eigenvalue weighted by molar-refractivity contribution is 5.76. The van der Waals surface area contributed by atoms with E-state index < -0.39 is 12.1 Å². The number of halogens is 1.